The summed E-state index contributed by atoms with van der Waals surface area (Å²) in [6, 6.07) is 4.20. The minimum absolute atomic E-state index is 0.307. The molecule has 0 spiro atoms. The van der Waals surface area contributed by atoms with Crippen LogP contribution in [0.1, 0.15) is 18.4 Å². The summed E-state index contributed by atoms with van der Waals surface area (Å²) in [4.78, 5) is 3.94. The lowest BCUT2D eigenvalue weighted by Gasteiger charge is -2.09. The first-order valence-electron chi connectivity index (χ1n) is 4.71. The monoisotopic (exact) mass is 177 g/mol. The molecule has 1 aromatic heterocycles. The summed E-state index contributed by atoms with van der Waals surface area (Å²) in [5.41, 5.74) is 12.8. The highest BCUT2D eigenvalue weighted by molar-refractivity contribution is 5.32. The van der Waals surface area contributed by atoms with Gasteiger partial charge in [0.25, 0.3) is 0 Å². The van der Waals surface area contributed by atoms with Crippen molar-refractivity contribution in [2.24, 2.45) is 11.7 Å². The molecule has 3 nitrogen and oxygen atoms in total. The molecule has 13 heavy (non-hydrogen) atoms. The van der Waals surface area contributed by atoms with E-state index in [2.05, 4.69) is 4.98 Å². The van der Waals surface area contributed by atoms with Gasteiger partial charge in [-0.25, -0.2) is 4.98 Å². The number of pyridine rings is 1. The zero-order valence-corrected chi connectivity index (χ0v) is 7.61. The Morgan fingerprint density at radius 1 is 1.54 bits per heavy atom. The van der Waals surface area contributed by atoms with E-state index in [1.165, 1.54) is 18.4 Å². The fraction of sp³-hybridized carbons (Fsp3) is 0.500. The summed E-state index contributed by atoms with van der Waals surface area (Å²) in [5, 5.41) is 0. The van der Waals surface area contributed by atoms with Gasteiger partial charge in [0.1, 0.15) is 5.82 Å². The maximum absolute atomic E-state index is 6.00. The van der Waals surface area contributed by atoms with Crippen LogP contribution in [0.2, 0.25) is 0 Å². The predicted octanol–water partition coefficient (Wildman–Crippen LogP) is 0.944. The van der Waals surface area contributed by atoms with E-state index in [1.54, 1.807) is 6.20 Å². The molecule has 4 N–H and O–H groups in total. The van der Waals surface area contributed by atoms with Crippen molar-refractivity contribution in [3.05, 3.63) is 23.9 Å². The summed E-state index contributed by atoms with van der Waals surface area (Å²) in [6.07, 6.45) is 5.26. The third-order valence-corrected chi connectivity index (χ3v) is 2.54. The van der Waals surface area contributed by atoms with Gasteiger partial charge >= 0.3 is 0 Å². The van der Waals surface area contributed by atoms with E-state index in [4.69, 9.17) is 11.5 Å². The van der Waals surface area contributed by atoms with Crippen molar-refractivity contribution in [2.45, 2.75) is 25.3 Å². The van der Waals surface area contributed by atoms with E-state index in [0.29, 0.717) is 11.9 Å². The Bertz CT molecular complexity index is 294. The van der Waals surface area contributed by atoms with Gasteiger partial charge in [-0.15, -0.1) is 0 Å². The molecule has 0 radical (unpaired) electrons. The molecule has 0 bridgehead atoms. The van der Waals surface area contributed by atoms with Crippen LogP contribution in [0.25, 0.3) is 0 Å². The van der Waals surface area contributed by atoms with E-state index in [-0.39, 0.29) is 0 Å². The standard InChI is InChI=1S/C10H15N3/c11-9(8-1-2-8)5-7-3-4-13-10(12)6-7/h3-4,6,8-9H,1-2,5,11H2,(H2,12,13). The number of rotatable bonds is 3. The highest BCUT2D eigenvalue weighted by Crippen LogP contribution is 2.32. The van der Waals surface area contributed by atoms with E-state index >= 15 is 0 Å². The van der Waals surface area contributed by atoms with E-state index in [1.807, 2.05) is 12.1 Å². The third kappa shape index (κ3) is 2.18. The summed E-state index contributed by atoms with van der Waals surface area (Å²) >= 11 is 0. The Morgan fingerprint density at radius 2 is 2.31 bits per heavy atom. The molecule has 0 saturated heterocycles. The highest BCUT2D eigenvalue weighted by Gasteiger charge is 2.28. The molecule has 1 fully saturated rings. The lowest BCUT2D eigenvalue weighted by Crippen LogP contribution is -2.25. The number of nitrogens with zero attached hydrogens (tertiary/aromatic N) is 1. The molecule has 1 aliphatic carbocycles. The van der Waals surface area contributed by atoms with Crippen molar-refractivity contribution in [1.29, 1.82) is 0 Å². The van der Waals surface area contributed by atoms with E-state index in [9.17, 15) is 0 Å². The van der Waals surface area contributed by atoms with E-state index < -0.39 is 0 Å². The van der Waals surface area contributed by atoms with Crippen molar-refractivity contribution in [2.75, 3.05) is 5.73 Å². The molecule has 0 amide bonds. The van der Waals surface area contributed by atoms with Crippen molar-refractivity contribution in [3.63, 3.8) is 0 Å². The van der Waals surface area contributed by atoms with Gasteiger partial charge in [0.2, 0.25) is 0 Å². The van der Waals surface area contributed by atoms with Gasteiger partial charge in [-0.3, -0.25) is 0 Å². The quantitative estimate of drug-likeness (QED) is 0.722. The van der Waals surface area contributed by atoms with Crippen LogP contribution in [0.4, 0.5) is 5.82 Å². The number of nitrogen functional groups attached to an aromatic ring is 1. The molecule has 1 atom stereocenters. The maximum atomic E-state index is 6.00. The van der Waals surface area contributed by atoms with Crippen molar-refractivity contribution in [3.8, 4) is 0 Å². The Labute approximate surface area is 78.1 Å². The molecule has 0 aromatic carbocycles. The van der Waals surface area contributed by atoms with Crippen molar-refractivity contribution in [1.82, 2.24) is 4.98 Å². The van der Waals surface area contributed by atoms with Crippen molar-refractivity contribution < 1.29 is 0 Å². The first-order valence-corrected chi connectivity index (χ1v) is 4.71. The van der Waals surface area contributed by atoms with Gasteiger partial charge in [-0.2, -0.15) is 0 Å². The van der Waals surface area contributed by atoms with Crippen LogP contribution in [0.15, 0.2) is 18.3 Å². The fourth-order valence-corrected chi connectivity index (χ4v) is 1.58. The summed E-state index contributed by atoms with van der Waals surface area (Å²) in [5.74, 6) is 1.33. The van der Waals surface area contributed by atoms with Crippen molar-refractivity contribution >= 4 is 5.82 Å². The molecule has 3 heteroatoms. The molecule has 1 aliphatic rings. The summed E-state index contributed by atoms with van der Waals surface area (Å²) in [6.45, 7) is 0. The molecule has 0 aliphatic heterocycles. The SMILES string of the molecule is Nc1cc(CC(N)C2CC2)ccn1. The largest absolute Gasteiger partial charge is 0.384 e. The van der Waals surface area contributed by atoms with Gasteiger partial charge in [0.15, 0.2) is 0 Å². The lowest BCUT2D eigenvalue weighted by molar-refractivity contribution is 0.591. The van der Waals surface area contributed by atoms with Gasteiger partial charge in [-0.1, -0.05) is 0 Å². The minimum Gasteiger partial charge on any atom is -0.384 e. The first kappa shape index (κ1) is 8.51. The topological polar surface area (TPSA) is 64.9 Å². The summed E-state index contributed by atoms with van der Waals surface area (Å²) < 4.78 is 0. The van der Waals surface area contributed by atoms with E-state index in [0.717, 1.165) is 12.3 Å². The molecule has 1 saturated carbocycles. The fourth-order valence-electron chi connectivity index (χ4n) is 1.58. The molecular formula is C10H15N3. The second-order valence-electron chi connectivity index (χ2n) is 3.79. The normalized spacial score (nSPS) is 18.5. The molecule has 1 unspecified atom stereocenters. The van der Waals surface area contributed by atoms with Crippen LogP contribution in [0.3, 0.4) is 0 Å². The van der Waals surface area contributed by atoms with Gasteiger partial charge < -0.3 is 11.5 Å². The molecule has 1 aromatic rings. The molecular weight excluding hydrogens is 162 g/mol. The van der Waals surface area contributed by atoms with Gasteiger partial charge in [-0.05, 0) is 42.9 Å². The first-order chi connectivity index (χ1) is 6.25. The number of anilines is 1. The molecule has 1 heterocycles. The smallest absolute Gasteiger partial charge is 0.123 e. The maximum Gasteiger partial charge on any atom is 0.123 e. The number of hydrogen-bond acceptors (Lipinski definition) is 3. The zero-order chi connectivity index (χ0) is 9.26. The summed E-state index contributed by atoms with van der Waals surface area (Å²) in [7, 11) is 0. The average molecular weight is 177 g/mol. The lowest BCUT2D eigenvalue weighted by atomic mass is 10.0. The Morgan fingerprint density at radius 3 is 2.92 bits per heavy atom. The van der Waals surface area contributed by atoms with Gasteiger partial charge in [0, 0.05) is 12.2 Å². The van der Waals surface area contributed by atoms with Crippen LogP contribution < -0.4 is 11.5 Å². The number of hydrogen-bond donors (Lipinski definition) is 2. The highest BCUT2D eigenvalue weighted by atomic mass is 14.8. The number of nitrogens with two attached hydrogens (primary N) is 2. The number of aromatic nitrogens is 1. The Balaban J connectivity index is 2.00. The third-order valence-electron chi connectivity index (χ3n) is 2.54. The average Bonchev–Trinajstić information content (AvgIpc) is 2.85. The predicted molar refractivity (Wildman–Crippen MR) is 53.1 cm³/mol. The van der Waals surface area contributed by atoms with Crippen LogP contribution in [-0.2, 0) is 6.42 Å². The van der Waals surface area contributed by atoms with Gasteiger partial charge in [0.05, 0.1) is 0 Å². The Kier molecular flexibility index (Phi) is 2.19. The van der Waals surface area contributed by atoms with Crippen LogP contribution in [0.5, 0.6) is 0 Å². The second kappa shape index (κ2) is 3.34. The molecule has 2 rings (SSSR count). The van der Waals surface area contributed by atoms with Crippen LogP contribution in [0, 0.1) is 5.92 Å². The van der Waals surface area contributed by atoms with Crippen LogP contribution >= 0.6 is 0 Å². The zero-order valence-electron chi connectivity index (χ0n) is 7.61. The second-order valence-corrected chi connectivity index (χ2v) is 3.79. The molecule has 70 valence electrons. The minimum atomic E-state index is 0.307. The van der Waals surface area contributed by atoms with Crippen LogP contribution in [-0.4, -0.2) is 11.0 Å². The Hall–Kier alpha value is -1.09.